The molecule has 4 nitrogen and oxygen atoms in total. The summed E-state index contributed by atoms with van der Waals surface area (Å²) in [4.78, 5) is 16.8. The van der Waals surface area contributed by atoms with Gasteiger partial charge in [-0.1, -0.05) is 65.3 Å². The molecular weight excluding hydrogens is 420 g/mol. The molecule has 1 aliphatic heterocycles. The molecule has 0 spiro atoms. The summed E-state index contributed by atoms with van der Waals surface area (Å²) in [6.07, 6.45) is 15.0. The largest absolute Gasteiger partial charge is 0.461 e. The highest BCUT2D eigenvalue weighted by Crippen LogP contribution is 2.12. The Balaban J connectivity index is 1.56. The van der Waals surface area contributed by atoms with E-state index in [-0.39, 0.29) is 5.97 Å². The van der Waals surface area contributed by atoms with Crippen LogP contribution in [0.15, 0.2) is 71.4 Å². The number of rotatable bonds is 13. The summed E-state index contributed by atoms with van der Waals surface area (Å²) in [6, 6.07) is 9.80. The van der Waals surface area contributed by atoms with Gasteiger partial charge in [-0.05, 0) is 65.0 Å². The molecule has 34 heavy (non-hydrogen) atoms. The number of piperazine rings is 1. The Morgan fingerprint density at radius 1 is 0.853 bits per heavy atom. The first kappa shape index (κ1) is 27.8. The molecule has 2 rings (SSSR count). The van der Waals surface area contributed by atoms with Crippen LogP contribution >= 0.6 is 0 Å². The van der Waals surface area contributed by atoms with Crippen molar-refractivity contribution in [3.05, 3.63) is 76.9 Å². The number of esters is 1. The zero-order chi connectivity index (χ0) is 24.6. The minimum atomic E-state index is -0.277. The Hall–Kier alpha value is -2.43. The summed E-state index contributed by atoms with van der Waals surface area (Å²) in [6.45, 7) is 15.3. The maximum Gasteiger partial charge on any atom is 0.330 e. The molecule has 4 heteroatoms. The number of ether oxygens (including phenoxy) is 1. The van der Waals surface area contributed by atoms with E-state index in [1.54, 1.807) is 6.08 Å². The fraction of sp³-hybridized carbons (Fsp3) is 0.500. The van der Waals surface area contributed by atoms with Crippen LogP contribution in [0.3, 0.4) is 0 Å². The third-order valence-electron chi connectivity index (χ3n) is 6.15. The average molecular weight is 465 g/mol. The Morgan fingerprint density at radius 3 is 2.15 bits per heavy atom. The zero-order valence-corrected chi connectivity index (χ0v) is 21.8. The summed E-state index contributed by atoms with van der Waals surface area (Å²) in [5.74, 6) is -0.277. The van der Waals surface area contributed by atoms with Crippen LogP contribution in [0.2, 0.25) is 0 Å². The first-order valence-electron chi connectivity index (χ1n) is 12.7. The molecule has 1 aliphatic rings. The van der Waals surface area contributed by atoms with Crippen molar-refractivity contribution in [3.63, 3.8) is 0 Å². The topological polar surface area (TPSA) is 32.8 Å². The van der Waals surface area contributed by atoms with Gasteiger partial charge in [0.05, 0.1) is 0 Å². The molecule has 0 aliphatic carbocycles. The second-order valence-electron chi connectivity index (χ2n) is 9.51. The van der Waals surface area contributed by atoms with Gasteiger partial charge in [0, 0.05) is 45.3 Å². The molecule has 0 N–H and O–H groups in total. The van der Waals surface area contributed by atoms with Crippen LogP contribution in [0.1, 0.15) is 58.9 Å². The van der Waals surface area contributed by atoms with Crippen molar-refractivity contribution in [3.8, 4) is 0 Å². The van der Waals surface area contributed by atoms with E-state index in [0.29, 0.717) is 6.61 Å². The van der Waals surface area contributed by atoms with E-state index in [2.05, 4.69) is 55.7 Å². The van der Waals surface area contributed by atoms with Gasteiger partial charge in [-0.25, -0.2) is 4.79 Å². The van der Waals surface area contributed by atoms with Crippen LogP contribution in [-0.4, -0.2) is 61.6 Å². The highest BCUT2D eigenvalue weighted by Gasteiger charge is 2.15. The standard InChI is InChI=1S/C30H44N2O2/c1-26(2)10-8-11-27(3)12-9-13-28(4)18-19-31-20-22-32(23-21-31)24-25-34-30(33)17-16-29-14-6-5-7-15-29/h5-7,10,12,14-18H,8-9,11,13,19-25H2,1-4H3/b17-16+,27-12+,28-18+. The van der Waals surface area contributed by atoms with E-state index >= 15 is 0 Å². The normalized spacial score (nSPS) is 16.1. The molecule has 0 aromatic heterocycles. The van der Waals surface area contributed by atoms with Crippen LogP contribution in [0.4, 0.5) is 0 Å². The van der Waals surface area contributed by atoms with E-state index in [1.165, 1.54) is 29.2 Å². The van der Waals surface area contributed by atoms with E-state index in [4.69, 9.17) is 4.74 Å². The predicted molar refractivity (Wildman–Crippen MR) is 145 cm³/mol. The van der Waals surface area contributed by atoms with Crippen LogP contribution in [-0.2, 0) is 9.53 Å². The molecule has 1 aromatic rings. The molecule has 0 bridgehead atoms. The lowest BCUT2D eigenvalue weighted by molar-refractivity contribution is -0.138. The number of hydrogen-bond acceptors (Lipinski definition) is 4. The molecule has 1 aromatic carbocycles. The zero-order valence-electron chi connectivity index (χ0n) is 21.8. The van der Waals surface area contributed by atoms with Crippen molar-refractivity contribution in [1.29, 1.82) is 0 Å². The van der Waals surface area contributed by atoms with E-state index in [9.17, 15) is 4.79 Å². The third-order valence-corrected chi connectivity index (χ3v) is 6.15. The molecule has 0 atom stereocenters. The van der Waals surface area contributed by atoms with E-state index < -0.39 is 0 Å². The monoisotopic (exact) mass is 464 g/mol. The summed E-state index contributed by atoms with van der Waals surface area (Å²) in [5.41, 5.74) is 5.38. The molecule has 186 valence electrons. The van der Waals surface area contributed by atoms with Crippen molar-refractivity contribution in [2.24, 2.45) is 0 Å². The highest BCUT2D eigenvalue weighted by atomic mass is 16.5. The summed E-state index contributed by atoms with van der Waals surface area (Å²) in [5, 5.41) is 0. The van der Waals surface area contributed by atoms with Crippen molar-refractivity contribution in [2.45, 2.75) is 53.4 Å². The molecule has 0 amide bonds. The quantitative estimate of drug-likeness (QED) is 0.195. The molecule has 0 saturated carbocycles. The van der Waals surface area contributed by atoms with Gasteiger partial charge in [-0.3, -0.25) is 9.80 Å². The number of carbonyl (C=O) groups excluding carboxylic acids is 1. The van der Waals surface area contributed by atoms with Crippen LogP contribution < -0.4 is 0 Å². The van der Waals surface area contributed by atoms with E-state index in [0.717, 1.165) is 64.1 Å². The fourth-order valence-electron chi connectivity index (χ4n) is 3.87. The maximum absolute atomic E-state index is 11.9. The van der Waals surface area contributed by atoms with Crippen LogP contribution in [0.25, 0.3) is 6.08 Å². The van der Waals surface area contributed by atoms with Crippen LogP contribution in [0.5, 0.6) is 0 Å². The van der Waals surface area contributed by atoms with Gasteiger partial charge in [-0.15, -0.1) is 0 Å². The maximum atomic E-state index is 11.9. The second-order valence-corrected chi connectivity index (χ2v) is 9.51. The van der Waals surface area contributed by atoms with Crippen molar-refractivity contribution < 1.29 is 9.53 Å². The highest BCUT2D eigenvalue weighted by molar-refractivity contribution is 5.87. The van der Waals surface area contributed by atoms with Gasteiger partial charge < -0.3 is 4.74 Å². The predicted octanol–water partition coefficient (Wildman–Crippen LogP) is 6.28. The molecule has 1 fully saturated rings. The molecule has 1 saturated heterocycles. The summed E-state index contributed by atoms with van der Waals surface area (Å²) < 4.78 is 5.36. The first-order valence-corrected chi connectivity index (χ1v) is 12.7. The smallest absolute Gasteiger partial charge is 0.330 e. The summed E-state index contributed by atoms with van der Waals surface area (Å²) >= 11 is 0. The molecular formula is C30H44N2O2. The SMILES string of the molecule is CC(C)=CCC/C(C)=C/CC/C(C)=C/CN1CCN(CCOC(=O)/C=C/c2ccccc2)CC1. The lowest BCUT2D eigenvalue weighted by Crippen LogP contribution is -2.47. The fourth-order valence-corrected chi connectivity index (χ4v) is 3.87. The third kappa shape index (κ3) is 12.7. The minimum Gasteiger partial charge on any atom is -0.461 e. The lowest BCUT2D eigenvalue weighted by atomic mass is 10.1. The van der Waals surface area contributed by atoms with Crippen molar-refractivity contribution >= 4 is 12.0 Å². The first-order chi connectivity index (χ1) is 16.4. The van der Waals surface area contributed by atoms with Gasteiger partial charge >= 0.3 is 5.97 Å². The lowest BCUT2D eigenvalue weighted by Gasteiger charge is -2.34. The van der Waals surface area contributed by atoms with Crippen molar-refractivity contribution in [1.82, 2.24) is 9.80 Å². The Labute approximate surface area is 207 Å². The number of carbonyl (C=O) groups is 1. The number of nitrogens with zero attached hydrogens (tertiary/aromatic N) is 2. The van der Waals surface area contributed by atoms with Gasteiger partial charge in [0.2, 0.25) is 0 Å². The van der Waals surface area contributed by atoms with Gasteiger partial charge in [0.25, 0.3) is 0 Å². The minimum absolute atomic E-state index is 0.277. The number of benzene rings is 1. The van der Waals surface area contributed by atoms with Gasteiger partial charge in [0.15, 0.2) is 0 Å². The van der Waals surface area contributed by atoms with Crippen LogP contribution in [0, 0.1) is 0 Å². The Bertz CT molecular complexity index is 840. The van der Waals surface area contributed by atoms with Crippen molar-refractivity contribution in [2.75, 3.05) is 45.9 Å². The van der Waals surface area contributed by atoms with E-state index in [1.807, 2.05) is 30.3 Å². The molecule has 0 unspecified atom stereocenters. The summed E-state index contributed by atoms with van der Waals surface area (Å²) in [7, 11) is 0. The molecule has 1 heterocycles. The Morgan fingerprint density at radius 2 is 1.47 bits per heavy atom. The Kier molecular flexibility index (Phi) is 13.3. The van der Waals surface area contributed by atoms with Gasteiger partial charge in [-0.2, -0.15) is 0 Å². The van der Waals surface area contributed by atoms with Gasteiger partial charge in [0.1, 0.15) is 6.61 Å². The number of hydrogen-bond donors (Lipinski definition) is 0. The second kappa shape index (κ2) is 16.2. The average Bonchev–Trinajstić information content (AvgIpc) is 2.82. The number of allylic oxidation sites excluding steroid dienone is 5. The molecule has 0 radical (unpaired) electrons.